The summed E-state index contributed by atoms with van der Waals surface area (Å²) >= 11 is 6.36. The van der Waals surface area contributed by atoms with Gasteiger partial charge in [-0.05, 0) is 61.7 Å². The van der Waals surface area contributed by atoms with Gasteiger partial charge in [0.05, 0.1) is 17.7 Å². The van der Waals surface area contributed by atoms with Crippen molar-refractivity contribution in [1.82, 2.24) is 10.2 Å². The molecule has 10 heteroatoms. The molecule has 4 rings (SSSR count). The molecule has 0 radical (unpaired) electrons. The first-order chi connectivity index (χ1) is 22.0. The highest BCUT2D eigenvalue weighted by molar-refractivity contribution is 7.92. The number of methoxy groups -OCH3 is 1. The Morgan fingerprint density at radius 3 is 2.11 bits per heavy atom. The Kier molecular flexibility index (Phi) is 11.8. The van der Waals surface area contributed by atoms with Gasteiger partial charge in [-0.3, -0.25) is 13.9 Å². The summed E-state index contributed by atoms with van der Waals surface area (Å²) in [4.78, 5) is 29.8. The van der Waals surface area contributed by atoms with Crippen LogP contribution in [0, 0.1) is 13.8 Å². The zero-order chi connectivity index (χ0) is 33.3. The number of ether oxygens (including phenoxy) is 1. The number of anilines is 1. The van der Waals surface area contributed by atoms with Crippen molar-refractivity contribution < 1.29 is 22.7 Å². The van der Waals surface area contributed by atoms with Crippen molar-refractivity contribution in [3.63, 3.8) is 0 Å². The molecule has 0 aromatic heterocycles. The van der Waals surface area contributed by atoms with Crippen molar-refractivity contribution in [3.8, 4) is 5.75 Å². The Hall–Kier alpha value is -4.34. The molecule has 4 aromatic rings. The first-order valence-corrected chi connectivity index (χ1v) is 16.9. The quantitative estimate of drug-likeness (QED) is 0.171. The number of amides is 2. The van der Waals surface area contributed by atoms with E-state index in [9.17, 15) is 18.0 Å². The third-order valence-electron chi connectivity index (χ3n) is 7.59. The molecule has 0 bridgehead atoms. The Labute approximate surface area is 277 Å². The summed E-state index contributed by atoms with van der Waals surface area (Å²) in [5.74, 6) is -0.662. The molecule has 0 aliphatic heterocycles. The molecular formula is C36H40ClN3O5S. The molecular weight excluding hydrogens is 622 g/mol. The fraction of sp³-hybridized carbons (Fsp3) is 0.278. The summed E-state index contributed by atoms with van der Waals surface area (Å²) in [5.41, 5.74) is 3.70. The summed E-state index contributed by atoms with van der Waals surface area (Å²) in [6, 6.07) is 27.2. The summed E-state index contributed by atoms with van der Waals surface area (Å²) in [6.45, 7) is 5.69. The molecule has 0 unspecified atom stereocenters. The number of nitrogens with one attached hydrogen (secondary N) is 1. The average Bonchev–Trinajstić information content (AvgIpc) is 3.05. The van der Waals surface area contributed by atoms with Crippen LogP contribution in [0.4, 0.5) is 5.69 Å². The third kappa shape index (κ3) is 8.68. The zero-order valence-electron chi connectivity index (χ0n) is 26.6. The van der Waals surface area contributed by atoms with Crippen LogP contribution < -0.4 is 14.4 Å². The van der Waals surface area contributed by atoms with Crippen LogP contribution in [-0.2, 0) is 32.6 Å². The molecule has 0 fully saturated rings. The minimum Gasteiger partial charge on any atom is -0.495 e. The van der Waals surface area contributed by atoms with Crippen LogP contribution in [0.5, 0.6) is 5.75 Å². The van der Waals surface area contributed by atoms with Gasteiger partial charge in [0.2, 0.25) is 11.8 Å². The Balaban J connectivity index is 1.84. The van der Waals surface area contributed by atoms with Gasteiger partial charge >= 0.3 is 0 Å². The molecule has 1 atom stereocenters. The third-order valence-corrected chi connectivity index (χ3v) is 9.60. The maximum atomic E-state index is 14.6. The summed E-state index contributed by atoms with van der Waals surface area (Å²) < 4.78 is 35.1. The van der Waals surface area contributed by atoms with Gasteiger partial charge in [-0.2, -0.15) is 0 Å². The standard InChI is InChI=1S/C36H40ClN3O5S/c1-5-21-38-36(42)33(22-28-9-7-6-8-10-28)39(24-29-15-11-26(2)12-16-29)35(41)25-40(32-23-30(37)17-20-34(32)45-4)46(43,44)31-18-13-27(3)14-19-31/h6-20,23,33H,5,21-22,24-25H2,1-4H3,(H,38,42)/t33-/m0/s1. The number of rotatable bonds is 14. The first-order valence-electron chi connectivity index (χ1n) is 15.1. The average molecular weight is 662 g/mol. The number of halogens is 1. The topological polar surface area (TPSA) is 96.0 Å². The number of sulfonamides is 1. The predicted molar refractivity (Wildman–Crippen MR) is 183 cm³/mol. The second kappa shape index (κ2) is 15.8. The lowest BCUT2D eigenvalue weighted by Crippen LogP contribution is -2.53. The zero-order valence-corrected chi connectivity index (χ0v) is 28.1. The van der Waals surface area contributed by atoms with Crippen molar-refractivity contribution in [2.45, 2.75) is 51.1 Å². The van der Waals surface area contributed by atoms with Gasteiger partial charge in [0, 0.05) is 24.5 Å². The molecule has 0 saturated heterocycles. The van der Waals surface area contributed by atoms with Gasteiger partial charge in [-0.25, -0.2) is 8.42 Å². The van der Waals surface area contributed by atoms with E-state index in [1.54, 1.807) is 24.3 Å². The fourth-order valence-electron chi connectivity index (χ4n) is 5.02. The minimum atomic E-state index is -4.30. The van der Waals surface area contributed by atoms with Gasteiger partial charge in [0.15, 0.2) is 0 Å². The molecule has 0 heterocycles. The molecule has 0 aliphatic rings. The molecule has 1 N–H and O–H groups in total. The van der Waals surface area contributed by atoms with E-state index in [-0.39, 0.29) is 40.2 Å². The molecule has 0 spiro atoms. The summed E-state index contributed by atoms with van der Waals surface area (Å²) in [6.07, 6.45) is 0.950. The van der Waals surface area contributed by atoms with E-state index >= 15 is 0 Å². The fourth-order valence-corrected chi connectivity index (χ4v) is 6.60. The molecule has 8 nitrogen and oxygen atoms in total. The van der Waals surface area contributed by atoms with Crippen molar-refractivity contribution >= 4 is 39.1 Å². The summed E-state index contributed by atoms with van der Waals surface area (Å²) in [7, 11) is -2.88. The second-order valence-electron chi connectivity index (χ2n) is 11.1. The number of hydrogen-bond acceptors (Lipinski definition) is 5. The maximum absolute atomic E-state index is 14.6. The lowest BCUT2D eigenvalue weighted by Gasteiger charge is -2.34. The highest BCUT2D eigenvalue weighted by Gasteiger charge is 2.35. The van der Waals surface area contributed by atoms with Crippen molar-refractivity contribution in [3.05, 3.63) is 124 Å². The van der Waals surface area contributed by atoms with Crippen LogP contribution in [0.1, 0.15) is 35.6 Å². The van der Waals surface area contributed by atoms with Crippen molar-refractivity contribution in [2.75, 3.05) is 24.5 Å². The van der Waals surface area contributed by atoms with Crippen molar-refractivity contribution in [1.29, 1.82) is 0 Å². The van der Waals surface area contributed by atoms with Gasteiger partial charge in [-0.15, -0.1) is 0 Å². The molecule has 242 valence electrons. The lowest BCUT2D eigenvalue weighted by molar-refractivity contribution is -0.140. The summed E-state index contributed by atoms with van der Waals surface area (Å²) in [5, 5.41) is 3.22. The van der Waals surface area contributed by atoms with E-state index in [1.165, 1.54) is 30.2 Å². The Morgan fingerprint density at radius 2 is 1.50 bits per heavy atom. The highest BCUT2D eigenvalue weighted by Crippen LogP contribution is 2.35. The van der Waals surface area contributed by atoms with E-state index in [4.69, 9.17) is 16.3 Å². The number of benzene rings is 4. The van der Waals surface area contributed by atoms with Crippen LogP contribution in [-0.4, -0.2) is 51.4 Å². The van der Waals surface area contributed by atoms with E-state index in [0.717, 1.165) is 26.6 Å². The number of carbonyl (C=O) groups excluding carboxylic acids is 2. The van der Waals surface area contributed by atoms with Gasteiger partial charge in [0.25, 0.3) is 10.0 Å². The normalized spacial score (nSPS) is 11.8. The van der Waals surface area contributed by atoms with E-state index in [1.807, 2.05) is 75.4 Å². The number of carbonyl (C=O) groups is 2. The van der Waals surface area contributed by atoms with E-state index < -0.39 is 28.5 Å². The highest BCUT2D eigenvalue weighted by atomic mass is 35.5. The van der Waals surface area contributed by atoms with Gasteiger partial charge in [0.1, 0.15) is 18.3 Å². The monoisotopic (exact) mass is 661 g/mol. The van der Waals surface area contributed by atoms with Crippen LogP contribution in [0.2, 0.25) is 5.02 Å². The second-order valence-corrected chi connectivity index (χ2v) is 13.4. The predicted octanol–water partition coefficient (Wildman–Crippen LogP) is 6.33. The lowest BCUT2D eigenvalue weighted by atomic mass is 10.0. The molecule has 0 aliphatic carbocycles. The van der Waals surface area contributed by atoms with Crippen LogP contribution in [0.3, 0.4) is 0 Å². The Bertz CT molecular complexity index is 1730. The van der Waals surface area contributed by atoms with Crippen LogP contribution in [0.15, 0.2) is 102 Å². The number of aryl methyl sites for hydroxylation is 2. The molecule has 4 aromatic carbocycles. The molecule has 46 heavy (non-hydrogen) atoms. The minimum absolute atomic E-state index is 0.000428. The smallest absolute Gasteiger partial charge is 0.264 e. The largest absolute Gasteiger partial charge is 0.495 e. The van der Waals surface area contributed by atoms with Gasteiger partial charge < -0.3 is 15.0 Å². The van der Waals surface area contributed by atoms with Gasteiger partial charge in [-0.1, -0.05) is 96.4 Å². The van der Waals surface area contributed by atoms with E-state index in [2.05, 4.69) is 5.32 Å². The maximum Gasteiger partial charge on any atom is 0.264 e. The molecule has 2 amide bonds. The SMILES string of the molecule is CCCNC(=O)[C@H](Cc1ccccc1)N(Cc1ccc(C)cc1)C(=O)CN(c1cc(Cl)ccc1OC)S(=O)(=O)c1ccc(C)cc1. The van der Waals surface area contributed by atoms with E-state index in [0.29, 0.717) is 13.0 Å². The van der Waals surface area contributed by atoms with Crippen LogP contribution >= 0.6 is 11.6 Å². The number of hydrogen-bond donors (Lipinski definition) is 1. The Morgan fingerprint density at radius 1 is 0.870 bits per heavy atom. The first kappa shape index (κ1) is 34.5. The van der Waals surface area contributed by atoms with Crippen LogP contribution in [0.25, 0.3) is 0 Å². The van der Waals surface area contributed by atoms with Crippen molar-refractivity contribution in [2.24, 2.45) is 0 Å². The number of nitrogens with zero attached hydrogens (tertiary/aromatic N) is 2. The molecule has 0 saturated carbocycles.